The zero-order valence-corrected chi connectivity index (χ0v) is 7.78. The first-order valence-corrected chi connectivity index (χ1v) is 3.82. The first-order valence-electron chi connectivity index (χ1n) is 3.82. The fraction of sp³-hybridized carbons (Fsp3) is 0.778. The van der Waals surface area contributed by atoms with Crippen LogP contribution in [0.2, 0.25) is 0 Å². The van der Waals surface area contributed by atoms with Crippen LogP contribution < -0.4 is 0 Å². The highest BCUT2D eigenvalue weighted by Crippen LogP contribution is 2.12. The number of hydrogen-bond donors (Lipinski definition) is 0. The van der Waals surface area contributed by atoms with Crippen LogP contribution in [-0.2, 0) is 4.74 Å². The van der Waals surface area contributed by atoms with E-state index in [0.717, 1.165) is 0 Å². The maximum Gasteiger partial charge on any atom is 0.0951 e. The summed E-state index contributed by atoms with van der Waals surface area (Å²) in [5.74, 6) is -0.182. The summed E-state index contributed by atoms with van der Waals surface area (Å²) < 4.78 is 17.3. The van der Waals surface area contributed by atoms with Crippen LogP contribution in [0.5, 0.6) is 0 Å². The highest BCUT2D eigenvalue weighted by molar-refractivity contribution is 4.86. The molecule has 1 nitrogen and oxygen atoms in total. The molecule has 0 rings (SSSR count). The summed E-state index contributed by atoms with van der Waals surface area (Å²) in [6, 6.07) is 0. The van der Waals surface area contributed by atoms with Crippen molar-refractivity contribution in [3.63, 3.8) is 0 Å². The third kappa shape index (κ3) is 9.63. The number of ether oxygens (including phenoxy) is 1. The Morgan fingerprint density at radius 2 is 2.00 bits per heavy atom. The van der Waals surface area contributed by atoms with Crippen molar-refractivity contribution in [2.45, 2.75) is 27.7 Å². The molecule has 0 amide bonds. The highest BCUT2D eigenvalue weighted by Gasteiger charge is 2.08. The molecule has 0 aromatic heterocycles. The molecular formula is C9H17FO. The van der Waals surface area contributed by atoms with E-state index in [4.69, 9.17) is 4.74 Å². The van der Waals surface area contributed by atoms with Crippen molar-refractivity contribution < 1.29 is 9.13 Å². The van der Waals surface area contributed by atoms with Gasteiger partial charge in [-0.25, -0.2) is 4.39 Å². The number of rotatable bonds is 3. The fourth-order valence-electron chi connectivity index (χ4n) is 0.539. The third-order valence-electron chi connectivity index (χ3n) is 1.02. The third-order valence-corrected chi connectivity index (χ3v) is 1.02. The Hall–Kier alpha value is -0.370. The van der Waals surface area contributed by atoms with Gasteiger partial charge in [-0.05, 0) is 18.4 Å². The van der Waals surface area contributed by atoms with E-state index in [2.05, 4.69) is 20.8 Å². The fourth-order valence-corrected chi connectivity index (χ4v) is 0.539. The van der Waals surface area contributed by atoms with E-state index in [0.29, 0.717) is 13.2 Å². The lowest BCUT2D eigenvalue weighted by molar-refractivity contribution is 0.0902. The van der Waals surface area contributed by atoms with Crippen molar-refractivity contribution in [3.8, 4) is 0 Å². The van der Waals surface area contributed by atoms with Crippen molar-refractivity contribution in [3.05, 3.63) is 11.9 Å². The second kappa shape index (κ2) is 4.50. The molecule has 0 heterocycles. The van der Waals surface area contributed by atoms with Gasteiger partial charge < -0.3 is 4.74 Å². The van der Waals surface area contributed by atoms with E-state index >= 15 is 0 Å². The Morgan fingerprint density at radius 1 is 1.45 bits per heavy atom. The van der Waals surface area contributed by atoms with E-state index < -0.39 is 0 Å². The van der Waals surface area contributed by atoms with Crippen molar-refractivity contribution in [2.75, 3.05) is 13.2 Å². The Morgan fingerprint density at radius 3 is 2.36 bits per heavy atom. The van der Waals surface area contributed by atoms with Gasteiger partial charge in [0, 0.05) is 0 Å². The van der Waals surface area contributed by atoms with Crippen molar-refractivity contribution in [1.29, 1.82) is 0 Å². The van der Waals surface area contributed by atoms with E-state index in [9.17, 15) is 4.39 Å². The second-order valence-electron chi connectivity index (χ2n) is 3.87. The number of hydrogen-bond acceptors (Lipinski definition) is 1. The molecule has 66 valence electrons. The highest BCUT2D eigenvalue weighted by atomic mass is 19.1. The van der Waals surface area contributed by atoms with Crippen LogP contribution in [0, 0.1) is 5.41 Å². The lowest BCUT2D eigenvalue weighted by Gasteiger charge is -2.16. The van der Waals surface area contributed by atoms with Gasteiger partial charge in [0.05, 0.1) is 19.0 Å². The van der Waals surface area contributed by atoms with E-state index in [1.165, 1.54) is 13.0 Å². The molecule has 0 atom stereocenters. The van der Waals surface area contributed by atoms with Crippen LogP contribution >= 0.6 is 0 Å². The standard InChI is InChI=1S/C9H17FO/c1-8(10)5-6-11-7-9(2,3)4/h5H,6-7H2,1-4H3/b8-5-. The minimum Gasteiger partial charge on any atom is -0.377 e. The molecule has 0 aliphatic heterocycles. The molecule has 0 N–H and O–H groups in total. The van der Waals surface area contributed by atoms with Crippen LogP contribution in [-0.4, -0.2) is 13.2 Å². The van der Waals surface area contributed by atoms with Crippen LogP contribution in [0.4, 0.5) is 4.39 Å². The summed E-state index contributed by atoms with van der Waals surface area (Å²) in [5.41, 5.74) is 0.165. The molecule has 0 aliphatic rings. The molecule has 0 saturated heterocycles. The van der Waals surface area contributed by atoms with Crippen LogP contribution in [0.15, 0.2) is 11.9 Å². The van der Waals surface area contributed by atoms with Crippen LogP contribution in [0.25, 0.3) is 0 Å². The normalized spacial score (nSPS) is 13.7. The molecule has 0 unspecified atom stereocenters. The molecule has 0 aromatic carbocycles. The maximum absolute atomic E-state index is 12.1. The topological polar surface area (TPSA) is 9.23 Å². The first kappa shape index (κ1) is 10.6. The summed E-state index contributed by atoms with van der Waals surface area (Å²) in [6.45, 7) is 8.70. The second-order valence-corrected chi connectivity index (χ2v) is 3.87. The summed E-state index contributed by atoms with van der Waals surface area (Å²) in [6.07, 6.45) is 1.44. The Kier molecular flexibility index (Phi) is 4.34. The SMILES string of the molecule is C/C(F)=C/COCC(C)(C)C. The minimum atomic E-state index is -0.182. The van der Waals surface area contributed by atoms with E-state index in [1.54, 1.807) is 0 Å². The maximum atomic E-state index is 12.1. The summed E-state index contributed by atoms with van der Waals surface area (Å²) in [5, 5.41) is 0. The average Bonchev–Trinajstić information content (AvgIpc) is 1.78. The summed E-state index contributed by atoms with van der Waals surface area (Å²) >= 11 is 0. The van der Waals surface area contributed by atoms with Gasteiger partial charge in [0.15, 0.2) is 0 Å². The zero-order valence-electron chi connectivity index (χ0n) is 7.78. The smallest absolute Gasteiger partial charge is 0.0951 e. The van der Waals surface area contributed by atoms with Crippen molar-refractivity contribution in [1.82, 2.24) is 0 Å². The summed E-state index contributed by atoms with van der Waals surface area (Å²) in [7, 11) is 0. The van der Waals surface area contributed by atoms with Gasteiger partial charge >= 0.3 is 0 Å². The van der Waals surface area contributed by atoms with Crippen molar-refractivity contribution >= 4 is 0 Å². The Bertz CT molecular complexity index is 129. The van der Waals surface area contributed by atoms with E-state index in [1.807, 2.05) is 0 Å². The predicted molar refractivity (Wildman–Crippen MR) is 45.1 cm³/mol. The Balaban J connectivity index is 3.36. The first-order chi connectivity index (χ1) is 4.92. The van der Waals surface area contributed by atoms with Gasteiger partial charge in [-0.1, -0.05) is 20.8 Å². The minimum absolute atomic E-state index is 0.165. The molecule has 0 radical (unpaired) electrons. The number of halogens is 1. The van der Waals surface area contributed by atoms with Gasteiger partial charge in [0.1, 0.15) is 0 Å². The average molecular weight is 160 g/mol. The number of allylic oxidation sites excluding steroid dienone is 1. The van der Waals surface area contributed by atoms with Crippen molar-refractivity contribution in [2.24, 2.45) is 5.41 Å². The lowest BCUT2D eigenvalue weighted by atomic mass is 9.99. The molecule has 0 saturated carbocycles. The van der Waals surface area contributed by atoms with Crippen LogP contribution in [0.1, 0.15) is 27.7 Å². The molecule has 0 fully saturated rings. The van der Waals surface area contributed by atoms with Gasteiger partial charge in [0.25, 0.3) is 0 Å². The monoisotopic (exact) mass is 160 g/mol. The molecule has 0 bridgehead atoms. The molecule has 0 spiro atoms. The predicted octanol–water partition coefficient (Wildman–Crippen LogP) is 2.92. The molecule has 0 aromatic rings. The van der Waals surface area contributed by atoms with Crippen LogP contribution in [0.3, 0.4) is 0 Å². The molecule has 11 heavy (non-hydrogen) atoms. The lowest BCUT2D eigenvalue weighted by Crippen LogP contribution is -2.14. The van der Waals surface area contributed by atoms with Gasteiger partial charge in [0.2, 0.25) is 0 Å². The molecule has 2 heteroatoms. The summed E-state index contributed by atoms with van der Waals surface area (Å²) in [4.78, 5) is 0. The zero-order chi connectivity index (χ0) is 8.91. The van der Waals surface area contributed by atoms with Gasteiger partial charge in [-0.3, -0.25) is 0 Å². The largest absolute Gasteiger partial charge is 0.377 e. The van der Waals surface area contributed by atoms with Gasteiger partial charge in [-0.15, -0.1) is 0 Å². The van der Waals surface area contributed by atoms with E-state index in [-0.39, 0.29) is 11.2 Å². The van der Waals surface area contributed by atoms with Gasteiger partial charge in [-0.2, -0.15) is 0 Å². The quantitative estimate of drug-likeness (QED) is 0.577. The molecule has 0 aliphatic carbocycles. The molecular weight excluding hydrogens is 143 g/mol. The Labute approximate surface area is 68.2 Å².